The third-order valence-electron chi connectivity index (χ3n) is 4.17. The number of carbonyl (C=O) groups excluding carboxylic acids is 2. The van der Waals surface area contributed by atoms with E-state index in [4.69, 9.17) is 4.74 Å². The summed E-state index contributed by atoms with van der Waals surface area (Å²) in [4.78, 5) is 31.9. The van der Waals surface area contributed by atoms with Gasteiger partial charge < -0.3 is 15.4 Å². The van der Waals surface area contributed by atoms with Gasteiger partial charge in [0.15, 0.2) is 6.61 Å². The summed E-state index contributed by atoms with van der Waals surface area (Å²) in [7, 11) is 0. The minimum Gasteiger partial charge on any atom is -0.471 e. The first kappa shape index (κ1) is 22.9. The molecule has 0 radical (unpaired) electrons. The third-order valence-corrected chi connectivity index (χ3v) is 4.17. The van der Waals surface area contributed by atoms with E-state index in [2.05, 4.69) is 27.2 Å². The van der Waals surface area contributed by atoms with Gasteiger partial charge in [-0.05, 0) is 43.2 Å². The van der Waals surface area contributed by atoms with Crippen LogP contribution in [0.15, 0.2) is 42.7 Å². The number of halogens is 2. The highest BCUT2D eigenvalue weighted by Crippen LogP contribution is 2.24. The molecular formula is C21H24F2N4O3. The second kappa shape index (κ2) is 9.91. The molecule has 0 aliphatic rings. The summed E-state index contributed by atoms with van der Waals surface area (Å²) in [6, 6.07) is 4.70. The molecule has 0 saturated carbocycles. The number of rotatable bonds is 9. The largest absolute Gasteiger partial charge is 0.471 e. The van der Waals surface area contributed by atoms with Crippen molar-refractivity contribution >= 4 is 17.6 Å². The lowest BCUT2D eigenvalue weighted by atomic mass is 10.2. The SMILES string of the molecule is C=C(C)C(F)(F)COc1ncc(CNC(=O)c2ccnc(NC(=O)CC)c2)cc1C. The standard InChI is InChI=1S/C21H24F2N4O3/c1-5-18(28)27-17-9-16(6-7-24-17)19(29)25-10-15-8-14(4)20(26-11-15)30-12-21(22,23)13(2)3/h6-9,11H,2,5,10,12H2,1,3-4H3,(H,25,29)(H,24,27,28). The van der Waals surface area contributed by atoms with Gasteiger partial charge in [0, 0.05) is 36.5 Å². The van der Waals surface area contributed by atoms with Gasteiger partial charge in [-0.25, -0.2) is 9.97 Å². The van der Waals surface area contributed by atoms with Crippen LogP contribution < -0.4 is 15.4 Å². The van der Waals surface area contributed by atoms with Gasteiger partial charge in [-0.2, -0.15) is 8.78 Å². The maximum Gasteiger partial charge on any atom is 0.302 e. The average Bonchev–Trinajstić information content (AvgIpc) is 2.71. The molecule has 0 saturated heterocycles. The predicted molar refractivity (Wildman–Crippen MR) is 109 cm³/mol. The van der Waals surface area contributed by atoms with Gasteiger partial charge in [0.1, 0.15) is 5.82 Å². The Hall–Kier alpha value is -3.36. The summed E-state index contributed by atoms with van der Waals surface area (Å²) in [5.41, 5.74) is 1.29. The molecule has 7 nitrogen and oxygen atoms in total. The Morgan fingerprint density at radius 1 is 1.27 bits per heavy atom. The maximum atomic E-state index is 13.6. The third kappa shape index (κ3) is 6.33. The Morgan fingerprint density at radius 3 is 2.63 bits per heavy atom. The van der Waals surface area contributed by atoms with Gasteiger partial charge in [0.05, 0.1) is 0 Å². The molecule has 0 aliphatic heterocycles. The molecule has 30 heavy (non-hydrogen) atoms. The highest BCUT2D eigenvalue weighted by molar-refractivity contribution is 5.96. The van der Waals surface area contributed by atoms with Gasteiger partial charge in [-0.1, -0.05) is 13.5 Å². The van der Waals surface area contributed by atoms with Crippen LogP contribution in [0.5, 0.6) is 5.88 Å². The van der Waals surface area contributed by atoms with Crippen LogP contribution in [-0.4, -0.2) is 34.3 Å². The van der Waals surface area contributed by atoms with Crippen LogP contribution in [0.2, 0.25) is 0 Å². The van der Waals surface area contributed by atoms with Gasteiger partial charge in [0.2, 0.25) is 11.8 Å². The highest BCUT2D eigenvalue weighted by Gasteiger charge is 2.31. The van der Waals surface area contributed by atoms with Crippen molar-refractivity contribution in [1.82, 2.24) is 15.3 Å². The van der Waals surface area contributed by atoms with Crippen LogP contribution in [0.25, 0.3) is 0 Å². The van der Waals surface area contributed by atoms with Gasteiger partial charge in [-0.3, -0.25) is 9.59 Å². The molecule has 0 aromatic carbocycles. The molecule has 9 heteroatoms. The first-order valence-corrected chi connectivity index (χ1v) is 9.28. The molecule has 0 spiro atoms. The van der Waals surface area contributed by atoms with Crippen LogP contribution >= 0.6 is 0 Å². The number of carbonyl (C=O) groups is 2. The van der Waals surface area contributed by atoms with Crippen LogP contribution in [0.4, 0.5) is 14.6 Å². The van der Waals surface area contributed by atoms with Gasteiger partial charge in [-0.15, -0.1) is 0 Å². The van der Waals surface area contributed by atoms with Crippen molar-refractivity contribution in [1.29, 1.82) is 0 Å². The second-order valence-corrected chi connectivity index (χ2v) is 6.75. The van der Waals surface area contributed by atoms with E-state index in [1.165, 1.54) is 31.5 Å². The van der Waals surface area contributed by atoms with E-state index in [1.54, 1.807) is 19.9 Å². The smallest absolute Gasteiger partial charge is 0.302 e. The summed E-state index contributed by atoms with van der Waals surface area (Å²) in [6.45, 7) is 7.21. The van der Waals surface area contributed by atoms with E-state index in [-0.39, 0.29) is 29.8 Å². The number of hydrogen-bond donors (Lipinski definition) is 2. The average molecular weight is 418 g/mol. The zero-order valence-corrected chi connectivity index (χ0v) is 17.1. The van der Waals surface area contributed by atoms with Crippen molar-refractivity contribution in [3.63, 3.8) is 0 Å². The van der Waals surface area contributed by atoms with Crippen LogP contribution in [0, 0.1) is 6.92 Å². The van der Waals surface area contributed by atoms with Crippen molar-refractivity contribution in [3.8, 4) is 5.88 Å². The van der Waals surface area contributed by atoms with Crippen LogP contribution in [-0.2, 0) is 11.3 Å². The van der Waals surface area contributed by atoms with Crippen molar-refractivity contribution in [2.24, 2.45) is 0 Å². The monoisotopic (exact) mass is 418 g/mol. The van der Waals surface area contributed by atoms with E-state index in [1.807, 2.05) is 0 Å². The Morgan fingerprint density at radius 2 is 2.00 bits per heavy atom. The van der Waals surface area contributed by atoms with E-state index < -0.39 is 12.5 Å². The fourth-order valence-corrected chi connectivity index (χ4v) is 2.31. The van der Waals surface area contributed by atoms with Crippen LogP contribution in [0.1, 0.15) is 41.8 Å². The van der Waals surface area contributed by atoms with Gasteiger partial charge >= 0.3 is 5.92 Å². The summed E-state index contributed by atoms with van der Waals surface area (Å²) >= 11 is 0. The normalized spacial score (nSPS) is 11.0. The first-order chi connectivity index (χ1) is 14.1. The second-order valence-electron chi connectivity index (χ2n) is 6.75. The summed E-state index contributed by atoms with van der Waals surface area (Å²) in [6.07, 6.45) is 3.18. The molecule has 2 aromatic heterocycles. The fourth-order valence-electron chi connectivity index (χ4n) is 2.31. The molecule has 2 N–H and O–H groups in total. The number of anilines is 1. The lowest BCUT2D eigenvalue weighted by molar-refractivity contribution is -0.115. The highest BCUT2D eigenvalue weighted by atomic mass is 19.3. The van der Waals surface area contributed by atoms with E-state index >= 15 is 0 Å². The quantitative estimate of drug-likeness (QED) is 0.607. The summed E-state index contributed by atoms with van der Waals surface area (Å²) in [5, 5.41) is 5.33. The topological polar surface area (TPSA) is 93.2 Å². The minimum absolute atomic E-state index is 0.0939. The molecule has 160 valence electrons. The number of alkyl halides is 2. The van der Waals surface area contributed by atoms with Crippen molar-refractivity contribution in [2.75, 3.05) is 11.9 Å². The molecule has 0 aliphatic carbocycles. The molecule has 0 unspecified atom stereocenters. The Kier molecular flexibility index (Phi) is 7.57. The molecule has 0 fully saturated rings. The van der Waals surface area contributed by atoms with Gasteiger partial charge in [0.25, 0.3) is 5.91 Å². The Balaban J connectivity index is 1.97. The molecule has 2 heterocycles. The Labute approximate surface area is 173 Å². The molecule has 2 rings (SSSR count). The number of hydrogen-bond acceptors (Lipinski definition) is 5. The maximum absolute atomic E-state index is 13.6. The number of aromatic nitrogens is 2. The molecule has 2 amide bonds. The number of ether oxygens (including phenoxy) is 1. The fraction of sp³-hybridized carbons (Fsp3) is 0.333. The lowest BCUT2D eigenvalue weighted by Crippen LogP contribution is -2.27. The molecule has 0 atom stereocenters. The first-order valence-electron chi connectivity index (χ1n) is 9.28. The lowest BCUT2D eigenvalue weighted by Gasteiger charge is -2.17. The number of pyridine rings is 2. The van der Waals surface area contributed by atoms with E-state index in [9.17, 15) is 18.4 Å². The minimum atomic E-state index is -3.14. The van der Waals surface area contributed by atoms with Crippen molar-refractivity contribution < 1.29 is 23.1 Å². The molecule has 2 aromatic rings. The number of nitrogens with one attached hydrogen (secondary N) is 2. The van der Waals surface area contributed by atoms with E-state index in [0.29, 0.717) is 28.9 Å². The summed E-state index contributed by atoms with van der Waals surface area (Å²) in [5.74, 6) is -3.31. The van der Waals surface area contributed by atoms with Crippen molar-refractivity contribution in [3.05, 3.63) is 59.4 Å². The summed E-state index contributed by atoms with van der Waals surface area (Å²) < 4.78 is 32.3. The number of aryl methyl sites for hydroxylation is 1. The zero-order valence-electron chi connectivity index (χ0n) is 17.1. The zero-order chi connectivity index (χ0) is 22.3. The number of nitrogens with zero attached hydrogens (tertiary/aromatic N) is 2. The molecule has 0 bridgehead atoms. The molecular weight excluding hydrogens is 394 g/mol. The van der Waals surface area contributed by atoms with Crippen molar-refractivity contribution in [2.45, 2.75) is 39.7 Å². The predicted octanol–water partition coefficient (Wildman–Crippen LogP) is 3.65. The van der Waals surface area contributed by atoms with E-state index in [0.717, 1.165) is 0 Å². The number of amides is 2. The van der Waals surface area contributed by atoms with Crippen LogP contribution in [0.3, 0.4) is 0 Å². The Bertz CT molecular complexity index is 948.